The van der Waals surface area contributed by atoms with Crippen LogP contribution in [-0.4, -0.2) is 86.1 Å². The summed E-state index contributed by atoms with van der Waals surface area (Å²) in [6.45, 7) is 5.33. The van der Waals surface area contributed by atoms with Gasteiger partial charge in [-0.2, -0.15) is 0 Å². The first-order valence-electron chi connectivity index (χ1n) is 12.0. The summed E-state index contributed by atoms with van der Waals surface area (Å²) in [4.78, 5) is 44.3. The Morgan fingerprint density at radius 3 is 2.47 bits per heavy atom. The van der Waals surface area contributed by atoms with Gasteiger partial charge in [-0.3, -0.25) is 14.6 Å². The third kappa shape index (κ3) is 5.19. The summed E-state index contributed by atoms with van der Waals surface area (Å²) in [5, 5.41) is 2.95. The molecule has 2 fully saturated rings. The van der Waals surface area contributed by atoms with Gasteiger partial charge in [0.2, 0.25) is 5.91 Å². The number of benzene rings is 1. The van der Waals surface area contributed by atoms with E-state index in [9.17, 15) is 14.4 Å². The van der Waals surface area contributed by atoms with Crippen molar-refractivity contribution in [1.82, 2.24) is 20.0 Å². The highest BCUT2D eigenvalue weighted by Crippen LogP contribution is 2.33. The van der Waals surface area contributed by atoms with E-state index in [-0.39, 0.29) is 24.5 Å². The van der Waals surface area contributed by atoms with E-state index >= 15 is 0 Å². The van der Waals surface area contributed by atoms with Crippen LogP contribution in [-0.2, 0) is 14.3 Å². The molecule has 1 unspecified atom stereocenters. The third-order valence-electron chi connectivity index (χ3n) is 6.72. The van der Waals surface area contributed by atoms with E-state index in [4.69, 9.17) is 9.47 Å². The topological polar surface area (TPSA) is 91.4 Å². The van der Waals surface area contributed by atoms with Crippen molar-refractivity contribution in [3.8, 4) is 5.75 Å². The van der Waals surface area contributed by atoms with Gasteiger partial charge in [-0.1, -0.05) is 12.1 Å². The van der Waals surface area contributed by atoms with Gasteiger partial charge in [-0.25, -0.2) is 9.59 Å². The fourth-order valence-electron chi connectivity index (χ4n) is 4.59. The quantitative estimate of drug-likeness (QED) is 0.614. The zero-order chi connectivity index (χ0) is 24.2. The Hall–Kier alpha value is -3.07. The molecule has 0 bridgehead atoms. The molecule has 1 saturated heterocycles. The van der Waals surface area contributed by atoms with Gasteiger partial charge >= 0.3 is 12.0 Å². The van der Waals surface area contributed by atoms with Crippen LogP contribution in [0, 0.1) is 5.92 Å². The number of methoxy groups -OCH3 is 1. The van der Waals surface area contributed by atoms with E-state index < -0.39 is 12.0 Å². The molecule has 4 rings (SSSR count). The Balaban J connectivity index is 1.61. The maximum Gasteiger partial charge on any atom is 0.338 e. The smallest absolute Gasteiger partial charge is 0.338 e. The van der Waals surface area contributed by atoms with Crippen LogP contribution in [0.1, 0.15) is 37.8 Å². The molecule has 34 heavy (non-hydrogen) atoms. The molecule has 2 aliphatic heterocycles. The maximum absolute atomic E-state index is 13.1. The van der Waals surface area contributed by atoms with Crippen molar-refractivity contribution in [3.05, 3.63) is 41.1 Å². The van der Waals surface area contributed by atoms with E-state index in [1.54, 1.807) is 21.1 Å². The molecule has 1 saturated carbocycles. The van der Waals surface area contributed by atoms with Gasteiger partial charge in [-0.05, 0) is 43.9 Å². The molecular weight excluding hydrogens is 436 g/mol. The molecular formula is C25H34N4O5. The lowest BCUT2D eigenvalue weighted by Crippen LogP contribution is -2.49. The number of hydrogen-bond donors (Lipinski definition) is 1. The van der Waals surface area contributed by atoms with Crippen LogP contribution < -0.4 is 10.1 Å². The largest absolute Gasteiger partial charge is 0.497 e. The predicted molar refractivity (Wildman–Crippen MR) is 126 cm³/mol. The minimum absolute atomic E-state index is 0.211. The highest BCUT2D eigenvalue weighted by molar-refractivity contribution is 5.95. The van der Waals surface area contributed by atoms with E-state index in [0.29, 0.717) is 36.7 Å². The minimum Gasteiger partial charge on any atom is -0.497 e. The van der Waals surface area contributed by atoms with Gasteiger partial charge in [0, 0.05) is 51.4 Å². The molecule has 1 aromatic carbocycles. The lowest BCUT2D eigenvalue weighted by molar-refractivity contribution is -0.139. The third-order valence-corrected chi connectivity index (χ3v) is 6.72. The number of nitrogens with zero attached hydrogens (tertiary/aromatic N) is 3. The number of carbonyl (C=O) groups is 3. The van der Waals surface area contributed by atoms with Crippen LogP contribution in [0.15, 0.2) is 35.5 Å². The van der Waals surface area contributed by atoms with Crippen LogP contribution in [0.5, 0.6) is 5.75 Å². The van der Waals surface area contributed by atoms with Crippen molar-refractivity contribution in [2.45, 2.75) is 32.2 Å². The van der Waals surface area contributed by atoms with Gasteiger partial charge < -0.3 is 19.7 Å². The maximum atomic E-state index is 13.1. The second kappa shape index (κ2) is 10.5. The summed E-state index contributed by atoms with van der Waals surface area (Å²) in [5.41, 5.74) is 1.84. The predicted octanol–water partition coefficient (Wildman–Crippen LogP) is 2.15. The van der Waals surface area contributed by atoms with E-state index in [1.807, 2.05) is 29.2 Å². The summed E-state index contributed by atoms with van der Waals surface area (Å²) in [6.07, 6.45) is 2.86. The van der Waals surface area contributed by atoms with Crippen molar-refractivity contribution in [2.75, 3.05) is 53.5 Å². The highest BCUT2D eigenvalue weighted by atomic mass is 16.5. The van der Waals surface area contributed by atoms with E-state index in [2.05, 4.69) is 10.2 Å². The molecule has 3 amide bonds. The standard InChI is InChI=1S/C25H34N4O5/c1-4-34-24(31)21-20(16-28-12-5-13-29(15-14-28)23(30)18-6-7-18)27(2)25(32)26-22(21)17-8-10-19(33-3)11-9-17/h8-11,18,22H,4-7,12-16H2,1-3H3,(H,26,32). The SMILES string of the molecule is CCOC(=O)C1=C(CN2CCCN(C(=O)C3CC3)CC2)N(C)C(=O)NC1c1ccc(OC)cc1. The Morgan fingerprint density at radius 2 is 1.82 bits per heavy atom. The molecule has 2 heterocycles. The number of likely N-dealkylation sites (N-methyl/N-ethyl adjacent to an activating group) is 1. The molecule has 3 aliphatic rings. The average Bonchev–Trinajstić information content (AvgIpc) is 3.69. The second-order valence-electron chi connectivity index (χ2n) is 9.02. The Labute approximate surface area is 200 Å². The van der Waals surface area contributed by atoms with Crippen LogP contribution in [0.3, 0.4) is 0 Å². The number of hydrogen-bond acceptors (Lipinski definition) is 6. The average molecular weight is 471 g/mol. The fraction of sp³-hybridized carbons (Fsp3) is 0.560. The first-order valence-corrected chi connectivity index (χ1v) is 12.0. The number of amides is 3. The number of urea groups is 1. The molecule has 1 aliphatic carbocycles. The summed E-state index contributed by atoms with van der Waals surface area (Å²) in [5.74, 6) is 0.732. The molecule has 9 nitrogen and oxygen atoms in total. The Morgan fingerprint density at radius 1 is 1.09 bits per heavy atom. The van der Waals surface area contributed by atoms with Crippen molar-refractivity contribution in [2.24, 2.45) is 5.92 Å². The number of ether oxygens (including phenoxy) is 2. The first-order chi connectivity index (χ1) is 16.4. The minimum atomic E-state index is -0.622. The normalized spacial score (nSPS) is 21.7. The molecule has 1 atom stereocenters. The molecule has 0 radical (unpaired) electrons. The van der Waals surface area contributed by atoms with Crippen molar-refractivity contribution in [1.29, 1.82) is 0 Å². The monoisotopic (exact) mass is 470 g/mol. The number of carbonyl (C=O) groups excluding carboxylic acids is 3. The molecule has 9 heteroatoms. The lowest BCUT2D eigenvalue weighted by atomic mass is 9.94. The molecule has 1 N–H and O–H groups in total. The summed E-state index contributed by atoms with van der Waals surface area (Å²) in [7, 11) is 3.27. The van der Waals surface area contributed by atoms with Crippen LogP contribution in [0.2, 0.25) is 0 Å². The van der Waals surface area contributed by atoms with Gasteiger partial charge in [0.1, 0.15) is 5.75 Å². The van der Waals surface area contributed by atoms with Gasteiger partial charge in [0.05, 0.1) is 25.3 Å². The van der Waals surface area contributed by atoms with Gasteiger partial charge in [-0.15, -0.1) is 0 Å². The molecule has 184 valence electrons. The van der Waals surface area contributed by atoms with Crippen molar-refractivity contribution >= 4 is 17.9 Å². The summed E-state index contributed by atoms with van der Waals surface area (Å²) >= 11 is 0. The number of nitrogens with one attached hydrogen (secondary N) is 1. The zero-order valence-electron chi connectivity index (χ0n) is 20.2. The summed E-state index contributed by atoms with van der Waals surface area (Å²) in [6, 6.07) is 6.41. The van der Waals surface area contributed by atoms with E-state index in [0.717, 1.165) is 37.9 Å². The first kappa shape index (κ1) is 24.1. The number of esters is 1. The molecule has 0 spiro atoms. The lowest BCUT2D eigenvalue weighted by Gasteiger charge is -2.36. The Bertz CT molecular complexity index is 957. The van der Waals surface area contributed by atoms with Crippen LogP contribution >= 0.6 is 0 Å². The highest BCUT2D eigenvalue weighted by Gasteiger charge is 2.38. The van der Waals surface area contributed by atoms with E-state index in [1.165, 1.54) is 4.90 Å². The van der Waals surface area contributed by atoms with Gasteiger partial charge in [0.15, 0.2) is 0 Å². The zero-order valence-corrected chi connectivity index (χ0v) is 20.2. The van der Waals surface area contributed by atoms with Crippen LogP contribution in [0.25, 0.3) is 0 Å². The van der Waals surface area contributed by atoms with Crippen LogP contribution in [0.4, 0.5) is 4.79 Å². The second-order valence-corrected chi connectivity index (χ2v) is 9.02. The Kier molecular flexibility index (Phi) is 7.41. The van der Waals surface area contributed by atoms with Crippen molar-refractivity contribution in [3.63, 3.8) is 0 Å². The molecule has 0 aromatic heterocycles. The summed E-state index contributed by atoms with van der Waals surface area (Å²) < 4.78 is 10.7. The molecule has 1 aromatic rings. The number of rotatable bonds is 7. The van der Waals surface area contributed by atoms with Gasteiger partial charge in [0.25, 0.3) is 0 Å². The fourth-order valence-corrected chi connectivity index (χ4v) is 4.59. The van der Waals surface area contributed by atoms with Crippen molar-refractivity contribution < 1.29 is 23.9 Å².